The molecule has 180 valence electrons. The molecule has 0 spiro atoms. The van der Waals surface area contributed by atoms with Crippen LogP contribution in [0.15, 0.2) is 4.99 Å². The summed E-state index contributed by atoms with van der Waals surface area (Å²) in [4.78, 5) is 19.3. The normalized spacial score (nSPS) is 22.3. The molecular formula is C23H44IN5O2. The van der Waals surface area contributed by atoms with Gasteiger partial charge in [-0.3, -0.25) is 4.99 Å². The van der Waals surface area contributed by atoms with Gasteiger partial charge in [-0.05, 0) is 64.2 Å². The van der Waals surface area contributed by atoms with Gasteiger partial charge in [-0.15, -0.1) is 24.0 Å². The van der Waals surface area contributed by atoms with Crippen LogP contribution in [-0.4, -0.2) is 68.4 Å². The van der Waals surface area contributed by atoms with Gasteiger partial charge in [0.2, 0.25) is 0 Å². The number of hydrogen-bond donors (Lipinski definition) is 3. The van der Waals surface area contributed by atoms with Crippen LogP contribution in [-0.2, 0) is 4.74 Å². The van der Waals surface area contributed by atoms with Crippen molar-refractivity contribution in [2.45, 2.75) is 83.7 Å². The zero-order valence-electron chi connectivity index (χ0n) is 19.5. The van der Waals surface area contributed by atoms with Crippen LogP contribution in [0.2, 0.25) is 0 Å². The van der Waals surface area contributed by atoms with Gasteiger partial charge in [0.1, 0.15) is 0 Å². The van der Waals surface area contributed by atoms with Crippen molar-refractivity contribution in [1.29, 1.82) is 0 Å². The number of aliphatic imine (C=N–C) groups is 1. The molecule has 3 rings (SSSR count). The van der Waals surface area contributed by atoms with Crippen molar-refractivity contribution in [3.05, 3.63) is 0 Å². The predicted molar refractivity (Wildman–Crippen MR) is 137 cm³/mol. The van der Waals surface area contributed by atoms with Crippen molar-refractivity contribution in [3.63, 3.8) is 0 Å². The molecule has 3 fully saturated rings. The third kappa shape index (κ3) is 9.72. The molecule has 2 aliphatic carbocycles. The van der Waals surface area contributed by atoms with E-state index in [1.54, 1.807) is 0 Å². The monoisotopic (exact) mass is 549 g/mol. The standard InChI is InChI=1S/C23H43N5O2.HI/c1-3-24-22(25-16-21(19-10-11-19)27-23(29)30-4-2)26-20-12-14-28(15-13-20)17-18-8-6-5-7-9-18;/h18-21H,3-17H2,1-2H3,(H,27,29)(H2,24,25,26);1H. The Balaban J connectivity index is 0.00000341. The SMILES string of the molecule is CCNC(=NCC(NC(=O)OCC)C1CC1)NC1CCN(CC2CCCCC2)CC1.I. The summed E-state index contributed by atoms with van der Waals surface area (Å²) in [6, 6.07) is 0.541. The van der Waals surface area contributed by atoms with Crippen LogP contribution < -0.4 is 16.0 Å². The fourth-order valence-corrected chi connectivity index (χ4v) is 4.83. The minimum atomic E-state index is -0.326. The van der Waals surface area contributed by atoms with Gasteiger partial charge in [-0.25, -0.2) is 4.79 Å². The van der Waals surface area contributed by atoms with E-state index in [1.165, 1.54) is 64.6 Å². The van der Waals surface area contributed by atoms with Gasteiger partial charge in [-0.1, -0.05) is 19.3 Å². The Kier molecular flexibility index (Phi) is 12.3. The van der Waals surface area contributed by atoms with Gasteiger partial charge in [0, 0.05) is 32.2 Å². The number of carbonyl (C=O) groups excluding carboxylic acids is 1. The number of likely N-dealkylation sites (tertiary alicyclic amines) is 1. The molecule has 0 aromatic rings. The van der Waals surface area contributed by atoms with E-state index < -0.39 is 0 Å². The first-order valence-electron chi connectivity index (χ1n) is 12.4. The van der Waals surface area contributed by atoms with Crippen molar-refractivity contribution < 1.29 is 9.53 Å². The minimum Gasteiger partial charge on any atom is -0.450 e. The summed E-state index contributed by atoms with van der Waals surface area (Å²) in [6.45, 7) is 9.42. The molecule has 3 aliphatic rings. The lowest BCUT2D eigenvalue weighted by atomic mass is 9.88. The lowest BCUT2D eigenvalue weighted by Crippen LogP contribution is -2.50. The Hall–Kier alpha value is -0.770. The number of piperidine rings is 1. The number of guanidine groups is 1. The Bertz CT molecular complexity index is 544. The highest BCUT2D eigenvalue weighted by molar-refractivity contribution is 14.0. The van der Waals surface area contributed by atoms with E-state index in [0.29, 0.717) is 25.1 Å². The number of carbonyl (C=O) groups is 1. The third-order valence-electron chi connectivity index (χ3n) is 6.73. The molecule has 0 radical (unpaired) electrons. The van der Waals surface area contributed by atoms with Crippen molar-refractivity contribution in [2.75, 3.05) is 39.3 Å². The maximum absolute atomic E-state index is 11.8. The van der Waals surface area contributed by atoms with Crippen molar-refractivity contribution in [2.24, 2.45) is 16.8 Å². The molecule has 1 heterocycles. The second-order valence-corrected chi connectivity index (χ2v) is 9.25. The molecule has 0 bridgehead atoms. The first kappa shape index (κ1) is 26.5. The molecule has 2 saturated carbocycles. The highest BCUT2D eigenvalue weighted by atomic mass is 127. The van der Waals surface area contributed by atoms with E-state index in [9.17, 15) is 4.79 Å². The average Bonchev–Trinajstić information content (AvgIpc) is 3.59. The molecule has 1 aliphatic heterocycles. The van der Waals surface area contributed by atoms with E-state index in [1.807, 2.05) is 6.92 Å². The molecule has 8 heteroatoms. The van der Waals surface area contributed by atoms with Crippen molar-refractivity contribution >= 4 is 36.0 Å². The maximum atomic E-state index is 11.8. The summed E-state index contributed by atoms with van der Waals surface area (Å²) >= 11 is 0. The van der Waals surface area contributed by atoms with Crippen LogP contribution >= 0.6 is 24.0 Å². The third-order valence-corrected chi connectivity index (χ3v) is 6.73. The van der Waals surface area contributed by atoms with Crippen LogP contribution in [0.1, 0.15) is 71.6 Å². The molecule has 3 N–H and O–H groups in total. The second kappa shape index (κ2) is 14.4. The van der Waals surface area contributed by atoms with Gasteiger partial charge in [0.25, 0.3) is 0 Å². The van der Waals surface area contributed by atoms with Gasteiger partial charge in [-0.2, -0.15) is 0 Å². The highest BCUT2D eigenvalue weighted by Gasteiger charge is 2.32. The highest BCUT2D eigenvalue weighted by Crippen LogP contribution is 2.32. The molecule has 7 nitrogen and oxygen atoms in total. The maximum Gasteiger partial charge on any atom is 0.407 e. The molecule has 1 amide bonds. The molecule has 1 unspecified atom stereocenters. The van der Waals surface area contributed by atoms with Gasteiger partial charge < -0.3 is 25.6 Å². The van der Waals surface area contributed by atoms with E-state index in [-0.39, 0.29) is 36.1 Å². The summed E-state index contributed by atoms with van der Waals surface area (Å²) in [5.41, 5.74) is 0. The molecule has 31 heavy (non-hydrogen) atoms. The fraction of sp³-hybridized carbons (Fsp3) is 0.913. The zero-order chi connectivity index (χ0) is 21.2. The lowest BCUT2D eigenvalue weighted by Gasteiger charge is -2.36. The smallest absolute Gasteiger partial charge is 0.407 e. The number of nitrogens with one attached hydrogen (secondary N) is 3. The van der Waals surface area contributed by atoms with E-state index in [4.69, 9.17) is 9.73 Å². The number of rotatable bonds is 9. The summed E-state index contributed by atoms with van der Waals surface area (Å²) in [5, 5.41) is 10.0. The van der Waals surface area contributed by atoms with Crippen molar-refractivity contribution in [3.8, 4) is 0 Å². The molecular weight excluding hydrogens is 505 g/mol. The fourth-order valence-electron chi connectivity index (χ4n) is 4.83. The number of nitrogens with zero attached hydrogens (tertiary/aromatic N) is 2. The quantitative estimate of drug-likeness (QED) is 0.232. The Morgan fingerprint density at radius 3 is 2.39 bits per heavy atom. The predicted octanol–water partition coefficient (Wildman–Crippen LogP) is 3.73. The molecule has 1 saturated heterocycles. The van der Waals surface area contributed by atoms with E-state index in [0.717, 1.165) is 31.3 Å². The number of halogens is 1. The largest absolute Gasteiger partial charge is 0.450 e. The summed E-state index contributed by atoms with van der Waals surface area (Å²) in [5.74, 6) is 2.33. The van der Waals surface area contributed by atoms with Crippen LogP contribution in [0.3, 0.4) is 0 Å². The van der Waals surface area contributed by atoms with Crippen LogP contribution in [0.4, 0.5) is 4.79 Å². The first-order valence-corrected chi connectivity index (χ1v) is 12.4. The first-order chi connectivity index (χ1) is 14.7. The molecule has 0 aromatic carbocycles. The van der Waals surface area contributed by atoms with Crippen LogP contribution in [0.5, 0.6) is 0 Å². The van der Waals surface area contributed by atoms with E-state index in [2.05, 4.69) is 27.8 Å². The van der Waals surface area contributed by atoms with Crippen molar-refractivity contribution in [1.82, 2.24) is 20.9 Å². The molecule has 1 atom stereocenters. The Morgan fingerprint density at radius 1 is 1.06 bits per heavy atom. The topological polar surface area (TPSA) is 78.0 Å². The summed E-state index contributed by atoms with van der Waals surface area (Å²) in [6.07, 6.45) is 11.5. The summed E-state index contributed by atoms with van der Waals surface area (Å²) < 4.78 is 5.06. The lowest BCUT2D eigenvalue weighted by molar-refractivity contribution is 0.147. The van der Waals surface area contributed by atoms with Crippen LogP contribution in [0, 0.1) is 11.8 Å². The Morgan fingerprint density at radius 2 is 1.77 bits per heavy atom. The van der Waals surface area contributed by atoms with Gasteiger partial charge >= 0.3 is 6.09 Å². The van der Waals surface area contributed by atoms with Gasteiger partial charge in [0.15, 0.2) is 5.96 Å². The van der Waals surface area contributed by atoms with Crippen LogP contribution in [0.25, 0.3) is 0 Å². The number of hydrogen-bond acceptors (Lipinski definition) is 4. The van der Waals surface area contributed by atoms with E-state index >= 15 is 0 Å². The Labute approximate surface area is 205 Å². The number of ether oxygens (including phenoxy) is 1. The average molecular weight is 550 g/mol. The minimum absolute atomic E-state index is 0. The molecule has 0 aromatic heterocycles. The summed E-state index contributed by atoms with van der Waals surface area (Å²) in [7, 11) is 0. The zero-order valence-corrected chi connectivity index (χ0v) is 21.9. The number of amides is 1. The van der Waals surface area contributed by atoms with Gasteiger partial charge in [0.05, 0.1) is 19.2 Å². The number of alkyl carbamates (subject to hydrolysis) is 1. The second-order valence-electron chi connectivity index (χ2n) is 9.25.